The predicted molar refractivity (Wildman–Crippen MR) is 238 cm³/mol. The van der Waals surface area contributed by atoms with Gasteiger partial charge in [-0.1, -0.05) is 152 Å². The molecule has 10 rings (SSSR count). The summed E-state index contributed by atoms with van der Waals surface area (Å²) in [6.45, 7) is 7.72. The van der Waals surface area contributed by atoms with Gasteiger partial charge in [0.25, 0.3) is 0 Å². The van der Waals surface area contributed by atoms with Gasteiger partial charge in [0.05, 0.1) is 34.9 Å². The van der Waals surface area contributed by atoms with E-state index < -0.39 is 0 Å². The van der Waals surface area contributed by atoms with Crippen LogP contribution in [0.1, 0.15) is 5.56 Å². The minimum absolute atomic E-state index is 0.521. The minimum Gasteiger partial charge on any atom is -0.308 e. The fourth-order valence-corrected chi connectivity index (χ4v) is 7.85. The summed E-state index contributed by atoms with van der Waals surface area (Å²) in [5.41, 5.74) is 12.7. The van der Waals surface area contributed by atoms with Crippen molar-refractivity contribution in [3.63, 3.8) is 0 Å². The highest BCUT2D eigenvalue weighted by Gasteiger charge is 2.23. The first-order valence-electron chi connectivity index (χ1n) is 19.3. The molecule has 274 valence electrons. The van der Waals surface area contributed by atoms with Gasteiger partial charge in [-0.2, -0.15) is 5.26 Å². The molecule has 0 unspecified atom stereocenters. The van der Waals surface area contributed by atoms with Gasteiger partial charge in [0, 0.05) is 38.6 Å². The molecule has 0 aliphatic carbocycles. The predicted octanol–water partition coefficient (Wildman–Crippen LogP) is 13.4. The number of aromatic nitrogens is 4. The zero-order chi connectivity index (χ0) is 39.7. The molecule has 0 radical (unpaired) electrons. The van der Waals surface area contributed by atoms with Crippen LogP contribution in [-0.2, 0) is 0 Å². The third-order valence-electron chi connectivity index (χ3n) is 10.7. The zero-order valence-electron chi connectivity index (χ0n) is 31.7. The van der Waals surface area contributed by atoms with Gasteiger partial charge in [-0.15, -0.1) is 0 Å². The van der Waals surface area contributed by atoms with Crippen LogP contribution in [0.25, 0.3) is 99.9 Å². The first-order valence-corrected chi connectivity index (χ1v) is 19.3. The Bertz CT molecular complexity index is 3110. The summed E-state index contributed by atoms with van der Waals surface area (Å²) < 4.78 is 2.35. The van der Waals surface area contributed by atoms with Gasteiger partial charge in [-0.05, 0) is 64.7 Å². The van der Waals surface area contributed by atoms with Crippen molar-refractivity contribution in [3.8, 4) is 79.3 Å². The van der Waals surface area contributed by atoms with E-state index >= 15 is 0 Å². The smallest absolute Gasteiger partial charge is 0.187 e. The quantitative estimate of drug-likeness (QED) is 0.152. The molecule has 59 heavy (non-hydrogen) atoms. The molecule has 0 aliphatic heterocycles. The topological polar surface area (TPSA) is 71.8 Å². The number of benzene rings is 8. The van der Waals surface area contributed by atoms with Crippen molar-refractivity contribution in [1.29, 1.82) is 5.26 Å². The van der Waals surface area contributed by atoms with Gasteiger partial charge in [0.1, 0.15) is 0 Å². The summed E-state index contributed by atoms with van der Waals surface area (Å²) in [6, 6.07) is 67.7. The maximum atomic E-state index is 9.82. The number of hydrogen-bond donors (Lipinski definition) is 0. The third kappa shape index (κ3) is 6.47. The molecule has 0 spiro atoms. The van der Waals surface area contributed by atoms with Crippen molar-refractivity contribution in [2.45, 2.75) is 0 Å². The number of nitrogens with zero attached hydrogens (tertiary/aromatic N) is 6. The molecule has 0 atom stereocenters. The average molecular weight is 753 g/mol. The highest BCUT2D eigenvalue weighted by molar-refractivity contribution is 6.12. The molecular formula is C53H32N6. The van der Waals surface area contributed by atoms with E-state index in [-0.39, 0.29) is 0 Å². The highest BCUT2D eigenvalue weighted by atomic mass is 15.0. The Morgan fingerprint density at radius 1 is 0.424 bits per heavy atom. The van der Waals surface area contributed by atoms with Crippen LogP contribution in [0.2, 0.25) is 0 Å². The summed E-state index contributed by atoms with van der Waals surface area (Å²) >= 11 is 0. The van der Waals surface area contributed by atoms with Crippen molar-refractivity contribution in [1.82, 2.24) is 19.5 Å². The molecule has 6 nitrogen and oxygen atoms in total. The molecule has 0 aliphatic rings. The van der Waals surface area contributed by atoms with Crippen molar-refractivity contribution >= 4 is 27.5 Å². The Hall–Kier alpha value is -8.45. The third-order valence-corrected chi connectivity index (χ3v) is 10.7. The minimum atomic E-state index is 0.521. The standard InChI is InChI=1S/C53H32N6/c1-55-43-28-25-38(26-29-43)46-33-42(53-57-51(39-15-7-3-8-16-39)56-52(58-53)40-17-9-4-10-18-40)32-45(37-23-21-35(34-54)22-24-37)50(46)59-48-20-12-11-19-44(48)47-31-41(27-30-49(47)59)36-13-5-2-6-14-36/h2-33H. The van der Waals surface area contributed by atoms with Crippen LogP contribution in [-0.4, -0.2) is 19.5 Å². The van der Waals surface area contributed by atoms with Crippen LogP contribution in [0, 0.1) is 17.9 Å². The number of rotatable bonds is 7. The largest absolute Gasteiger partial charge is 0.308 e. The number of fused-ring (bicyclic) bond motifs is 3. The maximum absolute atomic E-state index is 9.82. The van der Waals surface area contributed by atoms with E-state index in [0.717, 1.165) is 77.6 Å². The fourth-order valence-electron chi connectivity index (χ4n) is 7.85. The Labute approximate surface area is 341 Å². The van der Waals surface area contributed by atoms with Crippen molar-refractivity contribution < 1.29 is 0 Å². The second kappa shape index (κ2) is 14.9. The molecular weight excluding hydrogens is 721 g/mol. The van der Waals surface area contributed by atoms with Crippen LogP contribution in [0.5, 0.6) is 0 Å². The maximum Gasteiger partial charge on any atom is 0.187 e. The molecule has 10 aromatic rings. The Morgan fingerprint density at radius 2 is 0.898 bits per heavy atom. The number of hydrogen-bond acceptors (Lipinski definition) is 4. The summed E-state index contributed by atoms with van der Waals surface area (Å²) in [7, 11) is 0. The second-order valence-electron chi connectivity index (χ2n) is 14.3. The molecule has 2 heterocycles. The fraction of sp³-hybridized carbons (Fsp3) is 0. The number of para-hydroxylation sites is 1. The molecule has 0 fully saturated rings. The first-order chi connectivity index (χ1) is 29.1. The van der Waals surface area contributed by atoms with Crippen LogP contribution >= 0.6 is 0 Å². The van der Waals surface area contributed by atoms with E-state index in [0.29, 0.717) is 28.7 Å². The van der Waals surface area contributed by atoms with Crippen molar-refractivity contribution in [2.24, 2.45) is 0 Å². The highest BCUT2D eigenvalue weighted by Crippen LogP contribution is 2.44. The van der Waals surface area contributed by atoms with E-state index in [1.54, 1.807) is 0 Å². The van der Waals surface area contributed by atoms with E-state index in [9.17, 15) is 5.26 Å². The lowest BCUT2D eigenvalue weighted by Crippen LogP contribution is -2.04. The van der Waals surface area contributed by atoms with E-state index in [2.05, 4.69) is 94.3 Å². The van der Waals surface area contributed by atoms with Gasteiger partial charge in [-0.3, -0.25) is 0 Å². The van der Waals surface area contributed by atoms with E-state index in [1.807, 2.05) is 115 Å². The lowest BCUT2D eigenvalue weighted by molar-refractivity contribution is 1.07. The summed E-state index contributed by atoms with van der Waals surface area (Å²) in [5, 5.41) is 12.1. The van der Waals surface area contributed by atoms with Crippen LogP contribution in [0.3, 0.4) is 0 Å². The molecule has 0 saturated heterocycles. The van der Waals surface area contributed by atoms with Gasteiger partial charge in [-0.25, -0.2) is 19.8 Å². The molecule has 0 amide bonds. The van der Waals surface area contributed by atoms with E-state index in [1.165, 1.54) is 0 Å². The molecule has 8 aromatic carbocycles. The van der Waals surface area contributed by atoms with Gasteiger partial charge < -0.3 is 4.57 Å². The lowest BCUT2D eigenvalue weighted by Gasteiger charge is -2.21. The summed E-state index contributed by atoms with van der Waals surface area (Å²) in [5.74, 6) is 1.66. The van der Waals surface area contributed by atoms with Crippen molar-refractivity contribution in [2.75, 3.05) is 0 Å². The molecule has 0 N–H and O–H groups in total. The SMILES string of the molecule is [C-]#[N+]c1ccc(-c2cc(-c3nc(-c4ccccc4)nc(-c4ccccc4)n3)cc(-c3ccc(C#N)cc3)c2-n2c3ccccc3c3cc(-c4ccccc4)ccc32)cc1. The van der Waals surface area contributed by atoms with Gasteiger partial charge >= 0.3 is 0 Å². The summed E-state index contributed by atoms with van der Waals surface area (Å²) in [6.07, 6.45) is 0. The number of nitriles is 1. The van der Waals surface area contributed by atoms with Crippen LogP contribution in [0.15, 0.2) is 194 Å². The monoisotopic (exact) mass is 752 g/mol. The molecule has 0 saturated carbocycles. The first kappa shape index (κ1) is 35.0. The molecule has 6 heteroatoms. The second-order valence-corrected chi connectivity index (χ2v) is 14.3. The zero-order valence-corrected chi connectivity index (χ0v) is 31.7. The Balaban J connectivity index is 1.32. The van der Waals surface area contributed by atoms with Gasteiger partial charge in [0.15, 0.2) is 23.2 Å². The van der Waals surface area contributed by atoms with Crippen LogP contribution in [0.4, 0.5) is 5.69 Å². The average Bonchev–Trinajstić information content (AvgIpc) is 3.65. The molecule has 0 bridgehead atoms. The lowest BCUT2D eigenvalue weighted by atomic mass is 9.92. The van der Waals surface area contributed by atoms with Crippen LogP contribution < -0.4 is 0 Å². The van der Waals surface area contributed by atoms with Crippen molar-refractivity contribution in [3.05, 3.63) is 211 Å². The normalized spacial score (nSPS) is 11.0. The van der Waals surface area contributed by atoms with E-state index in [4.69, 9.17) is 21.5 Å². The Kier molecular flexibility index (Phi) is 8.84. The summed E-state index contributed by atoms with van der Waals surface area (Å²) in [4.78, 5) is 19.0. The molecule has 2 aromatic heterocycles. The van der Waals surface area contributed by atoms with Gasteiger partial charge in [0.2, 0.25) is 0 Å². The Morgan fingerprint density at radius 3 is 1.46 bits per heavy atom.